The predicted molar refractivity (Wildman–Crippen MR) is 83.2 cm³/mol. The minimum atomic E-state index is -5.08. The van der Waals surface area contributed by atoms with Gasteiger partial charge >= 0.3 is 12.1 Å². The molecule has 1 rings (SSSR count). The summed E-state index contributed by atoms with van der Waals surface area (Å²) in [5, 5.41) is 20.2. The van der Waals surface area contributed by atoms with Crippen LogP contribution in [-0.4, -0.2) is 40.5 Å². The van der Waals surface area contributed by atoms with Crippen molar-refractivity contribution in [2.75, 3.05) is 0 Å². The van der Waals surface area contributed by atoms with Crippen LogP contribution in [-0.2, 0) is 4.79 Å². The normalized spacial score (nSPS) is 22.6. The number of aliphatic hydroxyl groups excluding tert-OH is 1. The van der Waals surface area contributed by atoms with Crippen molar-refractivity contribution in [2.24, 2.45) is 0 Å². The van der Waals surface area contributed by atoms with E-state index in [0.717, 1.165) is 25.7 Å². The number of carboxylic acids is 1. The molecule has 0 aromatic heterocycles. The number of rotatable bonds is 5. The maximum atomic E-state index is 10.6. The van der Waals surface area contributed by atoms with E-state index >= 15 is 0 Å². The maximum absolute atomic E-state index is 10.6. The van der Waals surface area contributed by atoms with Crippen molar-refractivity contribution in [2.45, 2.75) is 83.7 Å². The molecular weight excluding hydrogens is 311 g/mol. The summed E-state index contributed by atoms with van der Waals surface area (Å²) in [7, 11) is 0. The van der Waals surface area contributed by atoms with Crippen LogP contribution in [0.3, 0.4) is 0 Å². The highest BCUT2D eigenvalue weighted by Crippen LogP contribution is 2.19. The van der Waals surface area contributed by atoms with Gasteiger partial charge in [-0.2, -0.15) is 13.2 Å². The molecular formula is C16H28F3NO3. The summed E-state index contributed by atoms with van der Waals surface area (Å²) in [5.74, 6) is -2.76. The van der Waals surface area contributed by atoms with Crippen LogP contribution in [0, 0.1) is 0 Å². The average molecular weight is 339 g/mol. The van der Waals surface area contributed by atoms with Crippen molar-refractivity contribution in [3.05, 3.63) is 11.6 Å². The number of hydrogen-bond donors (Lipinski definition) is 3. The van der Waals surface area contributed by atoms with Crippen molar-refractivity contribution in [1.29, 1.82) is 0 Å². The van der Waals surface area contributed by atoms with E-state index < -0.39 is 12.1 Å². The van der Waals surface area contributed by atoms with Crippen LogP contribution < -0.4 is 5.32 Å². The summed E-state index contributed by atoms with van der Waals surface area (Å²) < 4.78 is 31.7. The Balaban J connectivity index is 0.000000585. The number of carbonyl (C=O) groups is 1. The number of alkyl halides is 3. The van der Waals surface area contributed by atoms with Gasteiger partial charge in [0.05, 0.1) is 6.10 Å². The van der Waals surface area contributed by atoms with Crippen LogP contribution in [0.4, 0.5) is 13.2 Å². The van der Waals surface area contributed by atoms with Gasteiger partial charge in [-0.3, -0.25) is 0 Å². The molecule has 3 N–H and O–H groups in total. The summed E-state index contributed by atoms with van der Waals surface area (Å²) in [6.45, 7) is 6.57. The molecule has 1 saturated carbocycles. The molecule has 0 heterocycles. The lowest BCUT2D eigenvalue weighted by molar-refractivity contribution is -0.192. The van der Waals surface area contributed by atoms with Gasteiger partial charge in [-0.1, -0.05) is 11.6 Å². The lowest BCUT2D eigenvalue weighted by Crippen LogP contribution is -2.39. The van der Waals surface area contributed by atoms with Crippen LogP contribution in [0.25, 0.3) is 0 Å². The van der Waals surface area contributed by atoms with E-state index in [1.165, 1.54) is 18.4 Å². The molecule has 136 valence electrons. The van der Waals surface area contributed by atoms with E-state index in [0.29, 0.717) is 12.1 Å². The van der Waals surface area contributed by atoms with Gasteiger partial charge in [-0.25, -0.2) is 4.79 Å². The van der Waals surface area contributed by atoms with Crippen molar-refractivity contribution in [3.63, 3.8) is 0 Å². The molecule has 0 spiro atoms. The third-order valence-electron chi connectivity index (χ3n) is 3.61. The second-order valence-electron chi connectivity index (χ2n) is 6.23. The summed E-state index contributed by atoms with van der Waals surface area (Å²) in [5.41, 5.74) is 1.41. The highest BCUT2D eigenvalue weighted by atomic mass is 19.4. The number of hydrogen-bond acceptors (Lipinski definition) is 3. The van der Waals surface area contributed by atoms with Crippen molar-refractivity contribution < 1.29 is 28.2 Å². The maximum Gasteiger partial charge on any atom is 0.490 e. The highest BCUT2D eigenvalue weighted by molar-refractivity contribution is 5.73. The lowest BCUT2D eigenvalue weighted by atomic mass is 9.92. The molecule has 0 aliphatic heterocycles. The minimum absolute atomic E-state index is 0.0426. The summed E-state index contributed by atoms with van der Waals surface area (Å²) in [4.78, 5) is 8.90. The monoisotopic (exact) mass is 339 g/mol. The molecule has 1 aliphatic carbocycles. The first-order valence-corrected chi connectivity index (χ1v) is 7.90. The standard InChI is InChI=1S/C14H27NO.C2HF3O2/c1-11(2)5-4-6-12(3)15-13-7-9-14(16)10-8-13;3-2(4,5)1(6)7/h5,12-16H,4,6-10H2,1-3H3;(H,6,7). The van der Waals surface area contributed by atoms with Crippen molar-refractivity contribution in [3.8, 4) is 0 Å². The van der Waals surface area contributed by atoms with E-state index in [4.69, 9.17) is 9.90 Å². The fourth-order valence-electron chi connectivity index (χ4n) is 2.35. The molecule has 1 atom stereocenters. The fraction of sp³-hybridized carbons (Fsp3) is 0.812. The largest absolute Gasteiger partial charge is 0.490 e. The van der Waals surface area contributed by atoms with Gasteiger partial charge in [-0.05, 0) is 59.3 Å². The second-order valence-corrected chi connectivity index (χ2v) is 6.23. The predicted octanol–water partition coefficient (Wildman–Crippen LogP) is 3.65. The summed E-state index contributed by atoms with van der Waals surface area (Å²) >= 11 is 0. The molecule has 1 fully saturated rings. The zero-order valence-corrected chi connectivity index (χ0v) is 14.0. The van der Waals surface area contributed by atoms with Gasteiger partial charge < -0.3 is 15.5 Å². The Morgan fingerprint density at radius 3 is 2.13 bits per heavy atom. The Hall–Kier alpha value is -1.08. The summed E-state index contributed by atoms with van der Waals surface area (Å²) in [6.07, 6.45) is 3.77. The number of nitrogens with one attached hydrogen (secondary N) is 1. The number of allylic oxidation sites excluding steroid dienone is 2. The smallest absolute Gasteiger partial charge is 0.475 e. The zero-order chi connectivity index (χ0) is 18.0. The first kappa shape index (κ1) is 21.9. The number of aliphatic carboxylic acids is 1. The third kappa shape index (κ3) is 12.1. The Morgan fingerprint density at radius 2 is 1.74 bits per heavy atom. The molecule has 0 saturated heterocycles. The van der Waals surface area contributed by atoms with Crippen molar-refractivity contribution >= 4 is 5.97 Å². The zero-order valence-electron chi connectivity index (χ0n) is 14.0. The van der Waals surface area contributed by atoms with E-state index in [-0.39, 0.29) is 6.10 Å². The van der Waals surface area contributed by atoms with E-state index in [1.54, 1.807) is 0 Å². The van der Waals surface area contributed by atoms with Gasteiger partial charge in [0.1, 0.15) is 0 Å². The fourth-order valence-corrected chi connectivity index (χ4v) is 2.35. The van der Waals surface area contributed by atoms with E-state index in [2.05, 4.69) is 32.2 Å². The van der Waals surface area contributed by atoms with Gasteiger partial charge in [0.25, 0.3) is 0 Å². The van der Waals surface area contributed by atoms with Crippen LogP contribution in [0.15, 0.2) is 11.6 Å². The molecule has 4 nitrogen and oxygen atoms in total. The lowest BCUT2D eigenvalue weighted by Gasteiger charge is -2.29. The second kappa shape index (κ2) is 10.6. The number of halogens is 3. The minimum Gasteiger partial charge on any atom is -0.475 e. The molecule has 0 bridgehead atoms. The molecule has 1 unspecified atom stereocenters. The molecule has 0 aromatic rings. The quantitative estimate of drug-likeness (QED) is 0.669. The van der Waals surface area contributed by atoms with E-state index in [1.807, 2.05) is 0 Å². The first-order chi connectivity index (χ1) is 10.5. The molecule has 1 aliphatic rings. The Morgan fingerprint density at radius 1 is 1.26 bits per heavy atom. The van der Waals surface area contributed by atoms with Gasteiger partial charge in [0.15, 0.2) is 0 Å². The Bertz CT molecular complexity index is 371. The van der Waals surface area contributed by atoms with Gasteiger partial charge in [-0.15, -0.1) is 0 Å². The Kier molecular flexibility index (Phi) is 10.1. The van der Waals surface area contributed by atoms with Crippen LogP contribution in [0.2, 0.25) is 0 Å². The van der Waals surface area contributed by atoms with E-state index in [9.17, 15) is 18.3 Å². The van der Waals surface area contributed by atoms with Gasteiger partial charge in [0.2, 0.25) is 0 Å². The highest BCUT2D eigenvalue weighted by Gasteiger charge is 2.38. The Labute approximate surface area is 135 Å². The summed E-state index contributed by atoms with van der Waals surface area (Å²) in [6, 6.07) is 1.22. The first-order valence-electron chi connectivity index (χ1n) is 7.90. The van der Waals surface area contributed by atoms with Crippen molar-refractivity contribution in [1.82, 2.24) is 5.32 Å². The molecule has 0 amide bonds. The molecule has 0 radical (unpaired) electrons. The number of aliphatic hydroxyl groups is 1. The molecule has 23 heavy (non-hydrogen) atoms. The number of carboxylic acid groups (broad SMARTS) is 1. The molecule has 7 heteroatoms. The molecule has 0 aromatic carbocycles. The topological polar surface area (TPSA) is 69.6 Å². The van der Waals surface area contributed by atoms with Crippen LogP contribution in [0.1, 0.15) is 59.3 Å². The SMILES string of the molecule is CC(C)=CCCC(C)NC1CCC(O)CC1.O=C(O)C(F)(F)F. The van der Waals surface area contributed by atoms with Crippen LogP contribution >= 0.6 is 0 Å². The van der Waals surface area contributed by atoms with Gasteiger partial charge in [0, 0.05) is 12.1 Å². The average Bonchev–Trinajstić information content (AvgIpc) is 2.40. The third-order valence-corrected chi connectivity index (χ3v) is 3.61. The van der Waals surface area contributed by atoms with Crippen LogP contribution in [0.5, 0.6) is 0 Å².